The van der Waals surface area contributed by atoms with Crippen LogP contribution in [0.5, 0.6) is 0 Å². The topological polar surface area (TPSA) is 65.5 Å². The standard InChI is InChI=1S/C14H23N3O2/c1-10(2)8-11(9-17(3)4)16-13-12(14(18)19)6-5-7-15-13/h5-7,10-11H,8-9H2,1-4H3,(H,15,16)(H,18,19). The summed E-state index contributed by atoms with van der Waals surface area (Å²) in [5.41, 5.74) is 0.218. The third kappa shape index (κ3) is 5.26. The maximum absolute atomic E-state index is 11.2. The molecule has 1 heterocycles. The number of hydrogen-bond donors (Lipinski definition) is 2. The predicted molar refractivity (Wildman–Crippen MR) is 76.6 cm³/mol. The zero-order chi connectivity index (χ0) is 14.4. The van der Waals surface area contributed by atoms with Crippen LogP contribution in [0.4, 0.5) is 5.82 Å². The number of aromatic nitrogens is 1. The molecule has 5 nitrogen and oxygen atoms in total. The lowest BCUT2D eigenvalue weighted by molar-refractivity contribution is 0.0697. The van der Waals surface area contributed by atoms with Crippen LogP contribution in [0.1, 0.15) is 30.6 Å². The quantitative estimate of drug-likeness (QED) is 0.791. The molecule has 0 aliphatic rings. The molecule has 19 heavy (non-hydrogen) atoms. The van der Waals surface area contributed by atoms with Crippen molar-refractivity contribution >= 4 is 11.8 Å². The average molecular weight is 265 g/mol. The molecule has 0 amide bonds. The van der Waals surface area contributed by atoms with Crippen LogP contribution in [-0.2, 0) is 0 Å². The molecule has 0 fully saturated rings. The number of anilines is 1. The molecule has 1 aromatic heterocycles. The van der Waals surface area contributed by atoms with Gasteiger partial charge in [-0.05, 0) is 38.6 Å². The first-order valence-corrected chi connectivity index (χ1v) is 6.49. The first kappa shape index (κ1) is 15.4. The number of pyridine rings is 1. The van der Waals surface area contributed by atoms with Crippen molar-refractivity contribution in [1.29, 1.82) is 0 Å². The van der Waals surface area contributed by atoms with E-state index < -0.39 is 5.97 Å². The predicted octanol–water partition coefficient (Wildman–Crippen LogP) is 2.17. The summed E-state index contributed by atoms with van der Waals surface area (Å²) in [7, 11) is 4.01. The molecular weight excluding hydrogens is 242 g/mol. The largest absolute Gasteiger partial charge is 0.478 e. The zero-order valence-corrected chi connectivity index (χ0v) is 12.1. The summed E-state index contributed by atoms with van der Waals surface area (Å²) in [5.74, 6) is 0.0284. The summed E-state index contributed by atoms with van der Waals surface area (Å²) in [5, 5.41) is 12.4. The Hall–Kier alpha value is -1.62. The Morgan fingerprint density at radius 3 is 2.68 bits per heavy atom. The normalized spacial score (nSPS) is 12.7. The Balaban J connectivity index is 2.86. The van der Waals surface area contributed by atoms with Crippen LogP contribution in [0.2, 0.25) is 0 Å². The second-order valence-electron chi connectivity index (χ2n) is 5.44. The lowest BCUT2D eigenvalue weighted by Gasteiger charge is -2.25. The third-order valence-corrected chi connectivity index (χ3v) is 2.72. The van der Waals surface area contributed by atoms with Crippen LogP contribution in [-0.4, -0.2) is 47.6 Å². The van der Waals surface area contributed by atoms with Crippen LogP contribution >= 0.6 is 0 Å². The van der Waals surface area contributed by atoms with Crippen molar-refractivity contribution in [1.82, 2.24) is 9.88 Å². The summed E-state index contributed by atoms with van der Waals surface area (Å²) in [4.78, 5) is 17.4. The molecular formula is C14H23N3O2. The SMILES string of the molecule is CC(C)CC(CN(C)C)Nc1ncccc1C(=O)O. The van der Waals surface area contributed by atoms with E-state index in [2.05, 4.69) is 29.0 Å². The van der Waals surface area contributed by atoms with Gasteiger partial charge < -0.3 is 15.3 Å². The Kier molecular flexibility index (Phi) is 5.76. The van der Waals surface area contributed by atoms with Gasteiger partial charge >= 0.3 is 5.97 Å². The van der Waals surface area contributed by atoms with Crippen molar-refractivity contribution in [3.63, 3.8) is 0 Å². The van der Waals surface area contributed by atoms with E-state index in [1.165, 1.54) is 0 Å². The van der Waals surface area contributed by atoms with E-state index in [0.717, 1.165) is 13.0 Å². The molecule has 0 aliphatic heterocycles. The molecule has 2 N–H and O–H groups in total. The van der Waals surface area contributed by atoms with Gasteiger partial charge in [0.1, 0.15) is 11.4 Å². The minimum absolute atomic E-state index is 0.183. The van der Waals surface area contributed by atoms with Gasteiger partial charge in [0.2, 0.25) is 0 Å². The van der Waals surface area contributed by atoms with Gasteiger partial charge in [0, 0.05) is 18.8 Å². The monoisotopic (exact) mass is 265 g/mol. The molecule has 1 rings (SSSR count). The van der Waals surface area contributed by atoms with Gasteiger partial charge in [-0.15, -0.1) is 0 Å². The summed E-state index contributed by atoms with van der Waals surface area (Å²) in [6.07, 6.45) is 2.57. The average Bonchev–Trinajstić information content (AvgIpc) is 2.27. The molecule has 0 radical (unpaired) electrons. The highest BCUT2D eigenvalue weighted by Crippen LogP contribution is 2.16. The second kappa shape index (κ2) is 7.09. The third-order valence-electron chi connectivity index (χ3n) is 2.72. The molecule has 0 saturated heterocycles. The number of carboxylic acids is 1. The summed E-state index contributed by atoms with van der Waals surface area (Å²) < 4.78 is 0. The molecule has 0 spiro atoms. The fourth-order valence-electron chi connectivity index (χ4n) is 2.08. The molecule has 0 aromatic carbocycles. The fourth-order valence-corrected chi connectivity index (χ4v) is 2.08. The maximum atomic E-state index is 11.2. The van der Waals surface area contributed by atoms with E-state index in [4.69, 9.17) is 5.11 Å². The van der Waals surface area contributed by atoms with Crippen LogP contribution in [0.25, 0.3) is 0 Å². The van der Waals surface area contributed by atoms with Crippen molar-refractivity contribution < 1.29 is 9.90 Å². The van der Waals surface area contributed by atoms with Gasteiger partial charge in [0.15, 0.2) is 0 Å². The van der Waals surface area contributed by atoms with Crippen LogP contribution in [0.15, 0.2) is 18.3 Å². The molecule has 1 aromatic rings. The van der Waals surface area contributed by atoms with Gasteiger partial charge in [-0.3, -0.25) is 0 Å². The van der Waals surface area contributed by atoms with E-state index in [1.807, 2.05) is 14.1 Å². The van der Waals surface area contributed by atoms with Crippen LogP contribution in [0, 0.1) is 5.92 Å². The first-order chi connectivity index (χ1) is 8.90. The van der Waals surface area contributed by atoms with Crippen molar-refractivity contribution in [2.75, 3.05) is 26.0 Å². The number of nitrogens with one attached hydrogen (secondary N) is 1. The highest BCUT2D eigenvalue weighted by atomic mass is 16.4. The van der Waals surface area contributed by atoms with Gasteiger partial charge in [0.25, 0.3) is 0 Å². The molecule has 0 saturated carbocycles. The lowest BCUT2D eigenvalue weighted by Crippen LogP contribution is -2.34. The number of likely N-dealkylation sites (N-methyl/N-ethyl adjacent to an activating group) is 1. The van der Waals surface area contributed by atoms with E-state index >= 15 is 0 Å². The number of hydrogen-bond acceptors (Lipinski definition) is 4. The Bertz CT molecular complexity index is 409. The minimum atomic E-state index is -0.955. The first-order valence-electron chi connectivity index (χ1n) is 6.49. The Labute approximate surface area is 114 Å². The van der Waals surface area contributed by atoms with E-state index in [1.54, 1.807) is 18.3 Å². The number of carboxylic acid groups (broad SMARTS) is 1. The molecule has 5 heteroatoms. The summed E-state index contributed by atoms with van der Waals surface area (Å²) >= 11 is 0. The zero-order valence-electron chi connectivity index (χ0n) is 12.1. The Morgan fingerprint density at radius 2 is 2.16 bits per heavy atom. The van der Waals surface area contributed by atoms with Crippen molar-refractivity contribution in [3.8, 4) is 0 Å². The molecule has 1 atom stereocenters. The van der Waals surface area contributed by atoms with E-state index in [-0.39, 0.29) is 11.6 Å². The van der Waals surface area contributed by atoms with E-state index in [0.29, 0.717) is 11.7 Å². The molecule has 106 valence electrons. The number of rotatable bonds is 7. The minimum Gasteiger partial charge on any atom is -0.478 e. The van der Waals surface area contributed by atoms with Gasteiger partial charge in [0.05, 0.1) is 0 Å². The summed E-state index contributed by atoms with van der Waals surface area (Å²) in [6, 6.07) is 3.39. The smallest absolute Gasteiger partial charge is 0.339 e. The highest BCUT2D eigenvalue weighted by Gasteiger charge is 2.16. The van der Waals surface area contributed by atoms with Crippen molar-refractivity contribution in [3.05, 3.63) is 23.9 Å². The molecule has 0 aliphatic carbocycles. The fraction of sp³-hybridized carbons (Fsp3) is 0.571. The number of aromatic carboxylic acids is 1. The van der Waals surface area contributed by atoms with E-state index in [9.17, 15) is 4.79 Å². The van der Waals surface area contributed by atoms with Gasteiger partial charge in [-0.1, -0.05) is 13.8 Å². The summed E-state index contributed by atoms with van der Waals surface area (Å²) in [6.45, 7) is 5.15. The Morgan fingerprint density at radius 1 is 1.47 bits per heavy atom. The maximum Gasteiger partial charge on any atom is 0.339 e. The second-order valence-corrected chi connectivity index (χ2v) is 5.44. The molecule has 0 bridgehead atoms. The van der Waals surface area contributed by atoms with Crippen molar-refractivity contribution in [2.45, 2.75) is 26.3 Å². The van der Waals surface area contributed by atoms with Crippen molar-refractivity contribution in [2.24, 2.45) is 5.92 Å². The highest BCUT2D eigenvalue weighted by molar-refractivity contribution is 5.93. The van der Waals surface area contributed by atoms with Crippen LogP contribution in [0.3, 0.4) is 0 Å². The van der Waals surface area contributed by atoms with Gasteiger partial charge in [-0.25, -0.2) is 9.78 Å². The van der Waals surface area contributed by atoms with Gasteiger partial charge in [-0.2, -0.15) is 0 Å². The van der Waals surface area contributed by atoms with Crippen LogP contribution < -0.4 is 5.32 Å². The lowest BCUT2D eigenvalue weighted by atomic mass is 10.0. The molecule has 1 unspecified atom stereocenters. The number of nitrogens with zero attached hydrogens (tertiary/aromatic N) is 2. The number of carbonyl (C=O) groups is 1.